The Hall–Kier alpha value is -2.54. The topological polar surface area (TPSA) is 76.1 Å². The maximum absolute atomic E-state index is 13.2. The molecular weight excluding hydrogens is 426 g/mol. The molecule has 1 aliphatic heterocycles. The van der Waals surface area contributed by atoms with E-state index in [4.69, 9.17) is 9.47 Å². The Bertz CT molecular complexity index is 876. The smallest absolute Gasteiger partial charge is 0.314 e. The van der Waals surface area contributed by atoms with Gasteiger partial charge in [-0.2, -0.15) is 0 Å². The fraction of sp³-hybridized carbons (Fsp3) is 0.333. The SMILES string of the molecule is COc1ccc(Br)c(OC)c1C(=O)N1CCC(C(=O)O)(c2ccccc2)CC1. The third-order valence-corrected chi connectivity index (χ3v) is 5.97. The minimum absolute atomic E-state index is 0.234. The number of carboxylic acid groups (broad SMARTS) is 1. The van der Waals surface area contributed by atoms with Crippen LogP contribution in [0.1, 0.15) is 28.8 Å². The van der Waals surface area contributed by atoms with E-state index >= 15 is 0 Å². The van der Waals surface area contributed by atoms with Gasteiger partial charge in [0, 0.05) is 13.1 Å². The van der Waals surface area contributed by atoms with Gasteiger partial charge in [0.25, 0.3) is 5.91 Å². The van der Waals surface area contributed by atoms with Crippen LogP contribution in [0.15, 0.2) is 46.9 Å². The van der Waals surface area contributed by atoms with Crippen LogP contribution in [0.5, 0.6) is 11.5 Å². The molecule has 28 heavy (non-hydrogen) atoms. The molecule has 2 aromatic carbocycles. The van der Waals surface area contributed by atoms with Gasteiger partial charge in [-0.05, 0) is 46.5 Å². The van der Waals surface area contributed by atoms with Gasteiger partial charge in [-0.3, -0.25) is 9.59 Å². The number of carbonyl (C=O) groups is 2. The Labute approximate surface area is 172 Å². The number of methoxy groups -OCH3 is 2. The van der Waals surface area contributed by atoms with Gasteiger partial charge in [0.2, 0.25) is 0 Å². The van der Waals surface area contributed by atoms with Crippen LogP contribution in [0, 0.1) is 0 Å². The van der Waals surface area contributed by atoms with Gasteiger partial charge in [-0.15, -0.1) is 0 Å². The number of likely N-dealkylation sites (tertiary alicyclic amines) is 1. The summed E-state index contributed by atoms with van der Waals surface area (Å²) in [7, 11) is 3.00. The molecule has 7 heteroatoms. The summed E-state index contributed by atoms with van der Waals surface area (Å²) >= 11 is 3.40. The van der Waals surface area contributed by atoms with E-state index in [0.29, 0.717) is 47.5 Å². The second-order valence-electron chi connectivity index (χ2n) is 6.70. The van der Waals surface area contributed by atoms with Crippen LogP contribution in [-0.4, -0.2) is 49.2 Å². The van der Waals surface area contributed by atoms with E-state index < -0.39 is 11.4 Å². The number of halogens is 1. The summed E-state index contributed by atoms with van der Waals surface area (Å²) in [4.78, 5) is 27.0. The zero-order valence-electron chi connectivity index (χ0n) is 15.8. The Kier molecular flexibility index (Phi) is 5.93. The van der Waals surface area contributed by atoms with Crippen molar-refractivity contribution >= 4 is 27.8 Å². The highest BCUT2D eigenvalue weighted by Gasteiger charge is 2.44. The molecule has 0 aromatic heterocycles. The van der Waals surface area contributed by atoms with Crippen LogP contribution < -0.4 is 9.47 Å². The zero-order valence-corrected chi connectivity index (χ0v) is 17.4. The first-order valence-corrected chi connectivity index (χ1v) is 9.72. The van der Waals surface area contributed by atoms with E-state index in [1.165, 1.54) is 14.2 Å². The lowest BCUT2D eigenvalue weighted by atomic mass is 9.72. The van der Waals surface area contributed by atoms with Crippen LogP contribution >= 0.6 is 15.9 Å². The molecule has 148 valence electrons. The maximum atomic E-state index is 13.2. The number of benzene rings is 2. The van der Waals surface area contributed by atoms with Gasteiger partial charge in [0.05, 0.1) is 24.1 Å². The van der Waals surface area contributed by atoms with Gasteiger partial charge < -0.3 is 19.5 Å². The first kappa shape index (κ1) is 20.2. The first-order chi connectivity index (χ1) is 13.4. The maximum Gasteiger partial charge on any atom is 0.314 e. The average molecular weight is 448 g/mol. The van der Waals surface area contributed by atoms with Crippen molar-refractivity contribution in [2.45, 2.75) is 18.3 Å². The number of carbonyl (C=O) groups excluding carboxylic acids is 1. The van der Waals surface area contributed by atoms with Crippen LogP contribution in [-0.2, 0) is 10.2 Å². The Morgan fingerprint density at radius 3 is 2.21 bits per heavy atom. The summed E-state index contributed by atoms with van der Waals surface area (Å²) in [5, 5.41) is 9.94. The van der Waals surface area contributed by atoms with E-state index in [-0.39, 0.29) is 5.91 Å². The molecule has 2 aromatic rings. The van der Waals surface area contributed by atoms with E-state index in [1.54, 1.807) is 17.0 Å². The quantitative estimate of drug-likeness (QED) is 0.755. The molecular formula is C21H22BrNO5. The normalized spacial score (nSPS) is 15.8. The van der Waals surface area contributed by atoms with Crippen molar-refractivity contribution in [3.8, 4) is 11.5 Å². The summed E-state index contributed by atoms with van der Waals surface area (Å²) in [5.74, 6) is -0.267. The highest BCUT2D eigenvalue weighted by Crippen LogP contribution is 2.39. The number of ether oxygens (including phenoxy) is 2. The molecule has 0 radical (unpaired) electrons. The highest BCUT2D eigenvalue weighted by molar-refractivity contribution is 9.10. The molecule has 1 saturated heterocycles. The van der Waals surface area contributed by atoms with Gasteiger partial charge in [0.1, 0.15) is 17.1 Å². The number of hydrogen-bond acceptors (Lipinski definition) is 4. The molecule has 0 atom stereocenters. The molecule has 1 amide bonds. The number of aliphatic carboxylic acids is 1. The van der Waals surface area contributed by atoms with Crippen molar-refractivity contribution in [1.29, 1.82) is 0 Å². The molecule has 6 nitrogen and oxygen atoms in total. The summed E-state index contributed by atoms with van der Waals surface area (Å²) in [6.07, 6.45) is 0.688. The summed E-state index contributed by atoms with van der Waals surface area (Å²) < 4.78 is 11.4. The standard InChI is InChI=1S/C21H22BrNO5/c1-27-16-9-8-15(22)18(28-2)17(16)19(24)23-12-10-21(11-13-23,20(25)26)14-6-4-3-5-7-14/h3-9H,10-13H2,1-2H3,(H,25,26). The van der Waals surface area contributed by atoms with E-state index in [9.17, 15) is 14.7 Å². The number of hydrogen-bond donors (Lipinski definition) is 1. The molecule has 0 unspecified atom stereocenters. The van der Waals surface area contributed by atoms with Crippen molar-refractivity contribution < 1.29 is 24.2 Å². The predicted octanol–water partition coefficient (Wildman–Crippen LogP) is 3.72. The third-order valence-electron chi connectivity index (χ3n) is 5.35. The molecule has 0 saturated carbocycles. The van der Waals surface area contributed by atoms with Crippen LogP contribution in [0.25, 0.3) is 0 Å². The largest absolute Gasteiger partial charge is 0.496 e. The van der Waals surface area contributed by atoms with Gasteiger partial charge in [-0.1, -0.05) is 30.3 Å². The molecule has 1 fully saturated rings. The number of nitrogens with zero attached hydrogens (tertiary/aromatic N) is 1. The summed E-state index contributed by atoms with van der Waals surface area (Å²) in [5.41, 5.74) is 0.123. The Morgan fingerprint density at radius 1 is 1.04 bits per heavy atom. The molecule has 1 aliphatic rings. The second kappa shape index (κ2) is 8.22. The molecule has 1 heterocycles. The summed E-state index contributed by atoms with van der Waals surface area (Å²) in [6, 6.07) is 12.7. The van der Waals surface area contributed by atoms with Crippen LogP contribution in [0.4, 0.5) is 0 Å². The van der Waals surface area contributed by atoms with Crippen molar-refractivity contribution in [2.75, 3.05) is 27.3 Å². The van der Waals surface area contributed by atoms with E-state index in [1.807, 2.05) is 30.3 Å². The summed E-state index contributed by atoms with van der Waals surface area (Å²) in [6.45, 7) is 0.664. The lowest BCUT2D eigenvalue weighted by Gasteiger charge is -2.39. The lowest BCUT2D eigenvalue weighted by molar-refractivity contribution is -0.145. The number of piperidine rings is 1. The van der Waals surface area contributed by atoms with Gasteiger partial charge in [-0.25, -0.2) is 0 Å². The van der Waals surface area contributed by atoms with Crippen LogP contribution in [0.2, 0.25) is 0 Å². The lowest BCUT2D eigenvalue weighted by Crippen LogP contribution is -2.49. The zero-order chi connectivity index (χ0) is 20.3. The fourth-order valence-corrected chi connectivity index (χ4v) is 4.24. The second-order valence-corrected chi connectivity index (χ2v) is 7.56. The van der Waals surface area contributed by atoms with Crippen molar-refractivity contribution in [3.05, 3.63) is 58.1 Å². The van der Waals surface area contributed by atoms with Crippen LogP contribution in [0.3, 0.4) is 0 Å². The van der Waals surface area contributed by atoms with Crippen molar-refractivity contribution in [3.63, 3.8) is 0 Å². The molecule has 0 bridgehead atoms. The first-order valence-electron chi connectivity index (χ1n) is 8.93. The highest BCUT2D eigenvalue weighted by atomic mass is 79.9. The van der Waals surface area contributed by atoms with Crippen molar-refractivity contribution in [2.24, 2.45) is 0 Å². The number of amides is 1. The predicted molar refractivity (Wildman–Crippen MR) is 108 cm³/mol. The number of rotatable bonds is 5. The van der Waals surface area contributed by atoms with Crippen molar-refractivity contribution in [1.82, 2.24) is 4.90 Å². The minimum Gasteiger partial charge on any atom is -0.496 e. The average Bonchev–Trinajstić information content (AvgIpc) is 2.73. The fourth-order valence-electron chi connectivity index (χ4n) is 3.74. The monoisotopic (exact) mass is 447 g/mol. The molecule has 3 rings (SSSR count). The van der Waals surface area contributed by atoms with Gasteiger partial charge in [0.15, 0.2) is 0 Å². The van der Waals surface area contributed by atoms with Gasteiger partial charge >= 0.3 is 5.97 Å². The Balaban J connectivity index is 1.89. The third kappa shape index (κ3) is 3.46. The number of carboxylic acids is 1. The molecule has 1 N–H and O–H groups in total. The molecule has 0 spiro atoms. The van der Waals surface area contributed by atoms with E-state index in [2.05, 4.69) is 15.9 Å². The molecule has 0 aliphatic carbocycles. The Morgan fingerprint density at radius 2 is 1.68 bits per heavy atom. The minimum atomic E-state index is -0.983. The van der Waals surface area contributed by atoms with E-state index in [0.717, 1.165) is 5.56 Å².